The fourth-order valence-electron chi connectivity index (χ4n) is 2.30. The molecule has 1 aliphatic carbocycles. The van der Waals surface area contributed by atoms with Crippen LogP contribution in [0.2, 0.25) is 5.02 Å². The van der Waals surface area contributed by atoms with Crippen molar-refractivity contribution < 1.29 is 4.79 Å². The number of rotatable bonds is 5. The first kappa shape index (κ1) is 13.4. The van der Waals surface area contributed by atoms with Crippen LogP contribution in [-0.2, 0) is 11.3 Å². The number of carbonyl (C=O) groups is 1. The average Bonchev–Trinajstić information content (AvgIpc) is 2.84. The predicted molar refractivity (Wildman–Crippen MR) is 73.6 cm³/mol. The van der Waals surface area contributed by atoms with Gasteiger partial charge in [0.1, 0.15) is 0 Å². The molecule has 4 heteroatoms. The molecule has 1 aromatic rings. The summed E-state index contributed by atoms with van der Waals surface area (Å²) in [6.45, 7) is 0.972. The summed E-state index contributed by atoms with van der Waals surface area (Å²) in [6.07, 6.45) is 4.71. The van der Waals surface area contributed by atoms with Gasteiger partial charge in [-0.3, -0.25) is 4.79 Å². The molecular weight excluding hydrogens is 248 g/mol. The normalized spacial score (nSPS) is 15.8. The summed E-state index contributed by atoms with van der Waals surface area (Å²) < 4.78 is 0. The Kier molecular flexibility index (Phi) is 5.02. The Balaban J connectivity index is 1.68. The highest BCUT2D eigenvalue weighted by Gasteiger charge is 2.16. The van der Waals surface area contributed by atoms with Crippen molar-refractivity contribution >= 4 is 17.5 Å². The number of nitrogens with one attached hydrogen (secondary N) is 2. The lowest BCUT2D eigenvalue weighted by molar-refractivity contribution is -0.120. The first-order valence-electron chi connectivity index (χ1n) is 6.49. The van der Waals surface area contributed by atoms with Crippen molar-refractivity contribution in [2.45, 2.75) is 38.3 Å². The third kappa shape index (κ3) is 4.00. The lowest BCUT2D eigenvalue weighted by Crippen LogP contribution is -2.38. The zero-order chi connectivity index (χ0) is 12.8. The largest absolute Gasteiger partial charge is 0.352 e. The number of carbonyl (C=O) groups excluding carboxylic acids is 1. The SMILES string of the molecule is O=C(CNCc1ccccc1Cl)NC1CCCC1. The molecule has 98 valence electrons. The highest BCUT2D eigenvalue weighted by atomic mass is 35.5. The molecule has 1 saturated carbocycles. The summed E-state index contributed by atoms with van der Waals surface area (Å²) in [4.78, 5) is 11.7. The molecule has 0 atom stereocenters. The Morgan fingerprint density at radius 1 is 1.28 bits per heavy atom. The van der Waals surface area contributed by atoms with Gasteiger partial charge in [0.2, 0.25) is 5.91 Å². The Morgan fingerprint density at radius 2 is 2.00 bits per heavy atom. The van der Waals surface area contributed by atoms with E-state index in [4.69, 9.17) is 11.6 Å². The number of hydrogen-bond acceptors (Lipinski definition) is 2. The van der Waals surface area contributed by atoms with Crippen molar-refractivity contribution in [2.75, 3.05) is 6.54 Å². The predicted octanol–water partition coefficient (Wildman–Crippen LogP) is 2.49. The lowest BCUT2D eigenvalue weighted by atomic mass is 10.2. The highest BCUT2D eigenvalue weighted by Crippen LogP contribution is 2.17. The summed E-state index contributed by atoms with van der Waals surface area (Å²) >= 11 is 6.04. The van der Waals surface area contributed by atoms with Crippen molar-refractivity contribution in [3.05, 3.63) is 34.9 Å². The fraction of sp³-hybridized carbons (Fsp3) is 0.500. The van der Waals surface area contributed by atoms with Crippen LogP contribution in [0.1, 0.15) is 31.2 Å². The summed E-state index contributed by atoms with van der Waals surface area (Å²) in [5, 5.41) is 6.90. The minimum absolute atomic E-state index is 0.0777. The molecule has 1 amide bonds. The van der Waals surface area contributed by atoms with Gasteiger partial charge in [0.25, 0.3) is 0 Å². The van der Waals surface area contributed by atoms with Gasteiger partial charge in [-0.25, -0.2) is 0 Å². The van der Waals surface area contributed by atoms with Gasteiger partial charge in [-0.05, 0) is 24.5 Å². The van der Waals surface area contributed by atoms with Gasteiger partial charge in [0.05, 0.1) is 6.54 Å². The zero-order valence-corrected chi connectivity index (χ0v) is 11.2. The third-order valence-corrected chi connectivity index (χ3v) is 3.65. The molecule has 3 nitrogen and oxygen atoms in total. The van der Waals surface area contributed by atoms with Gasteiger partial charge in [-0.15, -0.1) is 0 Å². The quantitative estimate of drug-likeness (QED) is 0.860. The standard InChI is InChI=1S/C14H19ClN2O/c15-13-8-4-1-5-11(13)9-16-10-14(18)17-12-6-2-3-7-12/h1,4-5,8,12,16H,2-3,6-7,9-10H2,(H,17,18). The van der Waals surface area contributed by atoms with Gasteiger partial charge in [-0.1, -0.05) is 42.6 Å². The molecule has 0 heterocycles. The van der Waals surface area contributed by atoms with Crippen LogP contribution in [0.4, 0.5) is 0 Å². The van der Waals surface area contributed by atoms with Crippen molar-refractivity contribution in [1.82, 2.24) is 10.6 Å². The molecule has 0 radical (unpaired) electrons. The van der Waals surface area contributed by atoms with Gasteiger partial charge < -0.3 is 10.6 Å². The van der Waals surface area contributed by atoms with Crippen LogP contribution in [0.15, 0.2) is 24.3 Å². The van der Waals surface area contributed by atoms with E-state index in [9.17, 15) is 4.79 Å². The number of benzene rings is 1. The molecule has 1 aromatic carbocycles. The van der Waals surface area contributed by atoms with Crippen LogP contribution >= 0.6 is 11.6 Å². The van der Waals surface area contributed by atoms with Crippen LogP contribution in [-0.4, -0.2) is 18.5 Å². The maximum Gasteiger partial charge on any atom is 0.234 e. The van der Waals surface area contributed by atoms with E-state index >= 15 is 0 Å². The van der Waals surface area contributed by atoms with Crippen LogP contribution in [0, 0.1) is 0 Å². The first-order chi connectivity index (χ1) is 8.75. The summed E-state index contributed by atoms with van der Waals surface area (Å²) in [6, 6.07) is 8.06. The van der Waals surface area contributed by atoms with Crippen LogP contribution in [0.25, 0.3) is 0 Å². The van der Waals surface area contributed by atoms with Crippen LogP contribution in [0.5, 0.6) is 0 Å². The lowest BCUT2D eigenvalue weighted by Gasteiger charge is -2.12. The minimum atomic E-state index is 0.0777. The summed E-state index contributed by atoms with van der Waals surface area (Å²) in [5.74, 6) is 0.0777. The maximum absolute atomic E-state index is 11.7. The van der Waals surface area contributed by atoms with Crippen molar-refractivity contribution in [2.24, 2.45) is 0 Å². The van der Waals surface area contributed by atoms with E-state index in [1.165, 1.54) is 12.8 Å². The van der Waals surface area contributed by atoms with E-state index < -0.39 is 0 Å². The van der Waals surface area contributed by atoms with Crippen molar-refractivity contribution in [3.8, 4) is 0 Å². The van der Waals surface area contributed by atoms with E-state index in [-0.39, 0.29) is 5.91 Å². The molecule has 0 saturated heterocycles. The number of amides is 1. The molecular formula is C14H19ClN2O. The second kappa shape index (κ2) is 6.76. The molecule has 18 heavy (non-hydrogen) atoms. The molecule has 0 aliphatic heterocycles. The second-order valence-corrected chi connectivity index (χ2v) is 5.15. The number of hydrogen-bond donors (Lipinski definition) is 2. The summed E-state index contributed by atoms with van der Waals surface area (Å²) in [5.41, 5.74) is 1.02. The van der Waals surface area contributed by atoms with Crippen molar-refractivity contribution in [1.29, 1.82) is 0 Å². The van der Waals surface area contributed by atoms with Crippen LogP contribution < -0.4 is 10.6 Å². The van der Waals surface area contributed by atoms with E-state index in [0.29, 0.717) is 19.1 Å². The molecule has 0 aromatic heterocycles. The molecule has 0 spiro atoms. The fourth-order valence-corrected chi connectivity index (χ4v) is 2.50. The Labute approximate surface area is 113 Å². The Hall–Kier alpha value is -1.06. The smallest absolute Gasteiger partial charge is 0.234 e. The highest BCUT2D eigenvalue weighted by molar-refractivity contribution is 6.31. The topological polar surface area (TPSA) is 41.1 Å². The third-order valence-electron chi connectivity index (χ3n) is 3.28. The Morgan fingerprint density at radius 3 is 2.72 bits per heavy atom. The van der Waals surface area contributed by atoms with Gasteiger partial charge in [0, 0.05) is 17.6 Å². The molecule has 2 rings (SSSR count). The van der Waals surface area contributed by atoms with Gasteiger partial charge >= 0.3 is 0 Å². The Bertz CT molecular complexity index is 403. The molecule has 1 aliphatic rings. The van der Waals surface area contributed by atoms with Crippen LogP contribution in [0.3, 0.4) is 0 Å². The van der Waals surface area contributed by atoms with E-state index in [1.807, 2.05) is 24.3 Å². The molecule has 1 fully saturated rings. The first-order valence-corrected chi connectivity index (χ1v) is 6.87. The minimum Gasteiger partial charge on any atom is -0.352 e. The van der Waals surface area contributed by atoms with E-state index in [2.05, 4.69) is 10.6 Å². The van der Waals surface area contributed by atoms with Gasteiger partial charge in [0.15, 0.2) is 0 Å². The monoisotopic (exact) mass is 266 g/mol. The van der Waals surface area contributed by atoms with Gasteiger partial charge in [-0.2, -0.15) is 0 Å². The van der Waals surface area contributed by atoms with E-state index in [1.54, 1.807) is 0 Å². The molecule has 0 unspecified atom stereocenters. The number of halogens is 1. The molecule has 0 bridgehead atoms. The summed E-state index contributed by atoms with van der Waals surface area (Å²) in [7, 11) is 0. The second-order valence-electron chi connectivity index (χ2n) is 4.74. The zero-order valence-electron chi connectivity index (χ0n) is 10.4. The van der Waals surface area contributed by atoms with E-state index in [0.717, 1.165) is 23.4 Å². The maximum atomic E-state index is 11.7. The van der Waals surface area contributed by atoms with Crippen molar-refractivity contribution in [3.63, 3.8) is 0 Å². The molecule has 2 N–H and O–H groups in total. The average molecular weight is 267 g/mol.